The van der Waals surface area contributed by atoms with Crippen LogP contribution in [0.4, 0.5) is 5.69 Å². The van der Waals surface area contributed by atoms with Crippen LogP contribution in [0, 0.1) is 11.8 Å². The van der Waals surface area contributed by atoms with E-state index in [9.17, 15) is 4.79 Å². The van der Waals surface area contributed by atoms with Crippen molar-refractivity contribution in [3.05, 3.63) is 53.1 Å². The molecule has 2 atom stereocenters. The van der Waals surface area contributed by atoms with Crippen LogP contribution in [0.2, 0.25) is 10.0 Å². The van der Waals surface area contributed by atoms with Crippen LogP contribution < -0.4 is 10.3 Å². The Hall–Kier alpha value is -1.78. The standard InChI is InChI=1S/C18H21Cl2N3O/c1-4-6-13(7-5-2)18(24)21-17-12(3)11-23(22-17)14-8-9-15(19)16(20)10-14/h4-5,7-10,12-13H,1,6,11H2,2-3H3,(H,21,22,24)/b7-5-/t12-,13?/m0/s1. The molecule has 1 heterocycles. The molecule has 1 aromatic rings. The number of anilines is 1. The molecule has 0 fully saturated rings. The van der Waals surface area contributed by atoms with E-state index in [1.165, 1.54) is 0 Å². The van der Waals surface area contributed by atoms with Gasteiger partial charge in [0.15, 0.2) is 0 Å². The molecule has 0 saturated heterocycles. The second kappa shape index (κ2) is 8.36. The number of carbonyl (C=O) groups is 1. The second-order valence-corrected chi connectivity index (χ2v) is 6.53. The Morgan fingerprint density at radius 3 is 2.88 bits per heavy atom. The number of rotatable bonds is 5. The van der Waals surface area contributed by atoms with E-state index in [-0.39, 0.29) is 17.7 Å². The third-order valence-corrected chi connectivity index (χ3v) is 4.52. The fraction of sp³-hybridized carbons (Fsp3) is 0.333. The van der Waals surface area contributed by atoms with Gasteiger partial charge in [0, 0.05) is 5.92 Å². The fourth-order valence-corrected chi connectivity index (χ4v) is 2.77. The van der Waals surface area contributed by atoms with Crippen molar-refractivity contribution in [2.45, 2.75) is 20.3 Å². The first-order valence-corrected chi connectivity index (χ1v) is 8.57. The molecule has 0 aliphatic carbocycles. The number of nitrogens with one attached hydrogen (secondary N) is 1. The van der Waals surface area contributed by atoms with Crippen molar-refractivity contribution in [1.29, 1.82) is 0 Å². The van der Waals surface area contributed by atoms with E-state index in [2.05, 4.69) is 17.0 Å². The number of amidine groups is 1. The summed E-state index contributed by atoms with van der Waals surface area (Å²) in [6.07, 6.45) is 6.07. The van der Waals surface area contributed by atoms with Crippen LogP contribution in [0.1, 0.15) is 20.3 Å². The van der Waals surface area contributed by atoms with Crippen LogP contribution in [0.5, 0.6) is 0 Å². The fourth-order valence-electron chi connectivity index (χ4n) is 2.48. The van der Waals surface area contributed by atoms with Gasteiger partial charge in [0.2, 0.25) is 5.91 Å². The monoisotopic (exact) mass is 365 g/mol. The number of amides is 1. The van der Waals surface area contributed by atoms with Gasteiger partial charge in [-0.2, -0.15) is 5.10 Å². The molecule has 1 amide bonds. The minimum atomic E-state index is -0.235. The highest BCUT2D eigenvalue weighted by atomic mass is 35.5. The lowest BCUT2D eigenvalue weighted by molar-refractivity contribution is -0.122. The van der Waals surface area contributed by atoms with Crippen molar-refractivity contribution in [3.8, 4) is 0 Å². The maximum Gasteiger partial charge on any atom is 0.232 e. The Labute approximate surface area is 152 Å². The van der Waals surface area contributed by atoms with Gasteiger partial charge in [0.25, 0.3) is 0 Å². The normalized spacial score (nSPS) is 18.6. The summed E-state index contributed by atoms with van der Waals surface area (Å²) < 4.78 is 0. The highest BCUT2D eigenvalue weighted by Gasteiger charge is 2.27. The highest BCUT2D eigenvalue weighted by Crippen LogP contribution is 2.29. The molecule has 1 N–H and O–H groups in total. The van der Waals surface area contributed by atoms with Crippen molar-refractivity contribution >= 4 is 40.6 Å². The zero-order chi connectivity index (χ0) is 17.7. The first-order chi connectivity index (χ1) is 11.5. The smallest absolute Gasteiger partial charge is 0.232 e. The van der Waals surface area contributed by atoms with Gasteiger partial charge in [-0.25, -0.2) is 0 Å². The van der Waals surface area contributed by atoms with Gasteiger partial charge in [0.1, 0.15) is 5.84 Å². The third kappa shape index (κ3) is 4.40. The predicted molar refractivity (Wildman–Crippen MR) is 102 cm³/mol. The first kappa shape index (κ1) is 18.6. The van der Waals surface area contributed by atoms with Gasteiger partial charge in [-0.05, 0) is 31.5 Å². The minimum Gasteiger partial charge on any atom is -0.312 e. The number of hydrazone groups is 1. The van der Waals surface area contributed by atoms with E-state index in [4.69, 9.17) is 23.2 Å². The van der Waals surface area contributed by atoms with Gasteiger partial charge in [0.05, 0.1) is 28.2 Å². The summed E-state index contributed by atoms with van der Waals surface area (Å²) in [4.78, 5) is 12.4. The largest absolute Gasteiger partial charge is 0.312 e. The SMILES string of the molecule is C=CCC(/C=C\C)C(=O)NC1=NN(c2ccc(Cl)c(Cl)c2)C[C@@H]1C. The van der Waals surface area contributed by atoms with Crippen molar-refractivity contribution in [2.75, 3.05) is 11.6 Å². The Morgan fingerprint density at radius 1 is 1.50 bits per heavy atom. The van der Waals surface area contributed by atoms with Crippen LogP contribution >= 0.6 is 23.2 Å². The third-order valence-electron chi connectivity index (χ3n) is 3.78. The molecule has 1 aliphatic rings. The summed E-state index contributed by atoms with van der Waals surface area (Å²) >= 11 is 12.0. The van der Waals surface area contributed by atoms with Crippen molar-refractivity contribution in [1.82, 2.24) is 5.32 Å². The second-order valence-electron chi connectivity index (χ2n) is 5.71. The number of nitrogens with zero attached hydrogens (tertiary/aromatic N) is 2. The van der Waals surface area contributed by atoms with Gasteiger partial charge < -0.3 is 5.32 Å². The minimum absolute atomic E-state index is 0.0745. The Morgan fingerprint density at radius 2 is 2.25 bits per heavy atom. The van der Waals surface area contributed by atoms with Crippen LogP contribution in [-0.4, -0.2) is 18.3 Å². The molecule has 4 nitrogen and oxygen atoms in total. The number of carbonyl (C=O) groups excluding carboxylic acids is 1. The molecule has 24 heavy (non-hydrogen) atoms. The van der Waals surface area contributed by atoms with Crippen LogP contribution in [0.3, 0.4) is 0 Å². The molecule has 6 heteroatoms. The maximum absolute atomic E-state index is 12.4. The molecule has 0 spiro atoms. The van der Waals surface area contributed by atoms with Crippen molar-refractivity contribution in [2.24, 2.45) is 16.9 Å². The molecular weight excluding hydrogens is 345 g/mol. The molecule has 0 aromatic heterocycles. The summed E-state index contributed by atoms with van der Waals surface area (Å²) in [7, 11) is 0. The van der Waals surface area contributed by atoms with Gasteiger partial charge in [-0.1, -0.05) is 48.4 Å². The molecule has 0 bridgehead atoms. The Kier molecular flexibility index (Phi) is 6.46. The number of hydrogen-bond acceptors (Lipinski definition) is 3. The molecule has 2 rings (SSSR count). The lowest BCUT2D eigenvalue weighted by Crippen LogP contribution is -2.37. The maximum atomic E-state index is 12.4. The zero-order valence-electron chi connectivity index (χ0n) is 13.8. The summed E-state index contributed by atoms with van der Waals surface area (Å²) in [5.41, 5.74) is 0.844. The molecule has 1 aliphatic heterocycles. The van der Waals surface area contributed by atoms with Crippen LogP contribution in [0.15, 0.2) is 48.1 Å². The van der Waals surface area contributed by atoms with Gasteiger partial charge in [-0.15, -0.1) is 6.58 Å². The van der Waals surface area contributed by atoms with E-state index >= 15 is 0 Å². The molecule has 1 unspecified atom stereocenters. The molecular formula is C18H21Cl2N3O. The topological polar surface area (TPSA) is 44.7 Å². The van der Waals surface area contributed by atoms with Crippen molar-refractivity contribution in [3.63, 3.8) is 0 Å². The summed E-state index contributed by atoms with van der Waals surface area (Å²) in [5, 5.41) is 10.3. The molecule has 0 radical (unpaired) electrons. The van der Waals surface area contributed by atoms with Crippen molar-refractivity contribution < 1.29 is 4.79 Å². The average molecular weight is 366 g/mol. The van der Waals surface area contributed by atoms with E-state index < -0.39 is 0 Å². The molecule has 128 valence electrons. The Balaban J connectivity index is 2.13. The van der Waals surface area contributed by atoms with E-state index in [1.807, 2.05) is 37.1 Å². The molecule has 0 saturated carbocycles. The predicted octanol–water partition coefficient (Wildman–Crippen LogP) is 4.65. The van der Waals surface area contributed by atoms with Gasteiger partial charge >= 0.3 is 0 Å². The zero-order valence-corrected chi connectivity index (χ0v) is 15.3. The van der Waals surface area contributed by atoms with E-state index in [0.717, 1.165) is 5.69 Å². The molecule has 1 aromatic carbocycles. The lowest BCUT2D eigenvalue weighted by Gasteiger charge is -2.14. The Bertz CT molecular complexity index is 685. The van der Waals surface area contributed by atoms with Gasteiger partial charge in [-0.3, -0.25) is 9.80 Å². The summed E-state index contributed by atoms with van der Waals surface area (Å²) in [6.45, 7) is 8.29. The number of hydrogen-bond donors (Lipinski definition) is 1. The quantitative estimate of drug-likeness (QED) is 0.771. The summed E-state index contributed by atoms with van der Waals surface area (Å²) in [5.74, 6) is 0.457. The average Bonchev–Trinajstić information content (AvgIpc) is 2.90. The summed E-state index contributed by atoms with van der Waals surface area (Å²) in [6, 6.07) is 5.36. The lowest BCUT2D eigenvalue weighted by atomic mass is 10.0. The van der Waals surface area contributed by atoms with E-state index in [1.54, 1.807) is 18.2 Å². The van der Waals surface area contributed by atoms with Crippen LogP contribution in [-0.2, 0) is 4.79 Å². The van der Waals surface area contributed by atoms with Crippen LogP contribution in [0.25, 0.3) is 0 Å². The van der Waals surface area contributed by atoms with E-state index in [0.29, 0.717) is 28.8 Å². The number of benzene rings is 1. The highest BCUT2D eigenvalue weighted by molar-refractivity contribution is 6.42. The first-order valence-electron chi connectivity index (χ1n) is 7.82. The number of halogens is 2. The number of allylic oxidation sites excluding steroid dienone is 2.